The number of nitrogens with zero attached hydrogens (tertiary/aromatic N) is 5. The lowest BCUT2D eigenvalue weighted by molar-refractivity contribution is 0.315. The summed E-state index contributed by atoms with van der Waals surface area (Å²) in [5, 5.41) is 14.1. The lowest BCUT2D eigenvalue weighted by Gasteiger charge is -2.32. The predicted octanol–water partition coefficient (Wildman–Crippen LogP) is 4.30. The van der Waals surface area contributed by atoms with Crippen LogP contribution in [0.25, 0.3) is 0 Å². The summed E-state index contributed by atoms with van der Waals surface area (Å²) in [6.45, 7) is 7.85. The minimum absolute atomic E-state index is 0. The molecule has 0 bridgehead atoms. The number of ether oxygens (including phenoxy) is 1. The minimum Gasteiger partial charge on any atom is -0.494 e. The summed E-state index contributed by atoms with van der Waals surface area (Å²) >= 11 is 1.75. The first-order valence-corrected chi connectivity index (χ1v) is 11.7. The van der Waals surface area contributed by atoms with Gasteiger partial charge >= 0.3 is 0 Å². The topological polar surface area (TPSA) is 67.6 Å². The third kappa shape index (κ3) is 6.00. The molecule has 4 rings (SSSR count). The van der Waals surface area contributed by atoms with Gasteiger partial charge in [-0.2, -0.15) is 0 Å². The van der Waals surface area contributed by atoms with Gasteiger partial charge in [-0.1, -0.05) is 19.1 Å². The Bertz CT molecular complexity index is 1030. The van der Waals surface area contributed by atoms with E-state index in [1.54, 1.807) is 11.3 Å². The number of aryl methyl sites for hydroxylation is 1. The van der Waals surface area contributed by atoms with Gasteiger partial charge in [0.05, 0.1) is 13.2 Å². The molecule has 0 radical (unpaired) electrons. The Hall–Kier alpha value is -2.14. The fraction of sp³-hybridized carbons (Fsp3) is 0.435. The van der Waals surface area contributed by atoms with E-state index in [1.807, 2.05) is 18.5 Å². The molecule has 1 N–H and O–H groups in total. The van der Waals surface area contributed by atoms with E-state index in [2.05, 4.69) is 63.0 Å². The fourth-order valence-electron chi connectivity index (χ4n) is 3.60. The molecule has 0 saturated carbocycles. The summed E-state index contributed by atoms with van der Waals surface area (Å²) in [7, 11) is 1.98. The van der Waals surface area contributed by atoms with E-state index >= 15 is 0 Å². The van der Waals surface area contributed by atoms with Gasteiger partial charge in [-0.25, -0.2) is 4.99 Å². The summed E-state index contributed by atoms with van der Waals surface area (Å²) in [5.74, 6) is 3.64. The summed E-state index contributed by atoms with van der Waals surface area (Å²) in [5.41, 5.74) is 2.70. The molecule has 1 aliphatic heterocycles. The van der Waals surface area contributed by atoms with Crippen molar-refractivity contribution < 1.29 is 4.74 Å². The number of hydrogen-bond donors (Lipinski definition) is 1. The Kier molecular flexibility index (Phi) is 8.92. The van der Waals surface area contributed by atoms with Gasteiger partial charge in [0.1, 0.15) is 18.1 Å². The van der Waals surface area contributed by atoms with Gasteiger partial charge in [0.2, 0.25) is 0 Å². The number of fused-ring (bicyclic) bond motifs is 1. The molecule has 0 aliphatic carbocycles. The van der Waals surface area contributed by atoms with Gasteiger partial charge in [0.15, 0.2) is 11.8 Å². The number of benzene rings is 1. The monoisotopic (exact) mass is 566 g/mol. The zero-order chi connectivity index (χ0) is 21.6. The Labute approximate surface area is 210 Å². The Morgan fingerprint density at radius 1 is 1.25 bits per heavy atom. The first-order chi connectivity index (χ1) is 15.1. The normalized spacial score (nSPS) is 13.5. The van der Waals surface area contributed by atoms with Crippen LogP contribution in [0.1, 0.15) is 41.0 Å². The quantitative estimate of drug-likeness (QED) is 0.263. The number of halogens is 1. The molecule has 3 aromatic rings. The summed E-state index contributed by atoms with van der Waals surface area (Å²) in [6.07, 6.45) is 1.99. The van der Waals surface area contributed by atoms with Gasteiger partial charge in [0, 0.05) is 25.0 Å². The van der Waals surface area contributed by atoms with Crippen LogP contribution >= 0.6 is 35.3 Å². The van der Waals surface area contributed by atoms with Crippen molar-refractivity contribution in [3.8, 4) is 5.75 Å². The van der Waals surface area contributed by atoms with Crippen LogP contribution in [0.5, 0.6) is 5.75 Å². The van der Waals surface area contributed by atoms with E-state index in [0.717, 1.165) is 62.4 Å². The first-order valence-electron chi connectivity index (χ1n) is 10.8. The number of nitrogens with one attached hydrogen (secondary N) is 1. The van der Waals surface area contributed by atoms with Crippen LogP contribution in [0.15, 0.2) is 40.7 Å². The fourth-order valence-corrected chi connectivity index (χ4v) is 4.25. The van der Waals surface area contributed by atoms with E-state index in [-0.39, 0.29) is 24.0 Å². The number of aromatic nitrogens is 3. The molecule has 172 valence electrons. The molecule has 3 heterocycles. The largest absolute Gasteiger partial charge is 0.494 e. The molecule has 1 aliphatic rings. The van der Waals surface area contributed by atoms with Crippen LogP contribution in [0.4, 0.5) is 0 Å². The highest BCUT2D eigenvalue weighted by Crippen LogP contribution is 2.24. The number of thiophene rings is 1. The summed E-state index contributed by atoms with van der Waals surface area (Å²) < 4.78 is 7.80. The lowest BCUT2D eigenvalue weighted by atomic mass is 9.99. The minimum atomic E-state index is 0. The van der Waals surface area contributed by atoms with E-state index in [4.69, 9.17) is 9.73 Å². The Morgan fingerprint density at radius 3 is 2.84 bits per heavy atom. The molecular weight excluding hydrogens is 535 g/mol. The van der Waals surface area contributed by atoms with Gasteiger partial charge in [0.25, 0.3) is 0 Å². The van der Waals surface area contributed by atoms with Crippen molar-refractivity contribution in [3.63, 3.8) is 0 Å². The second-order valence-corrected chi connectivity index (χ2v) is 8.78. The van der Waals surface area contributed by atoms with Crippen molar-refractivity contribution in [1.29, 1.82) is 0 Å². The molecule has 0 atom stereocenters. The zero-order valence-corrected chi connectivity index (χ0v) is 22.0. The van der Waals surface area contributed by atoms with Gasteiger partial charge in [-0.05, 0) is 54.5 Å². The van der Waals surface area contributed by atoms with Gasteiger partial charge in [-0.3, -0.25) is 0 Å². The maximum absolute atomic E-state index is 5.81. The van der Waals surface area contributed by atoms with E-state index in [9.17, 15) is 0 Å². The van der Waals surface area contributed by atoms with E-state index in [1.165, 1.54) is 16.0 Å². The van der Waals surface area contributed by atoms with Crippen LogP contribution < -0.4 is 10.1 Å². The van der Waals surface area contributed by atoms with Crippen LogP contribution in [0.3, 0.4) is 0 Å². The Morgan fingerprint density at radius 2 is 2.12 bits per heavy atom. The highest BCUT2D eigenvalue weighted by Gasteiger charge is 2.20. The van der Waals surface area contributed by atoms with E-state index in [0.29, 0.717) is 6.54 Å². The number of rotatable bonds is 7. The van der Waals surface area contributed by atoms with Crippen LogP contribution in [-0.2, 0) is 33.1 Å². The molecule has 7 nitrogen and oxygen atoms in total. The van der Waals surface area contributed by atoms with Crippen molar-refractivity contribution >= 4 is 41.3 Å². The zero-order valence-electron chi connectivity index (χ0n) is 18.9. The first kappa shape index (κ1) is 24.5. The van der Waals surface area contributed by atoms with Crippen molar-refractivity contribution in [2.75, 3.05) is 13.2 Å². The standard InChI is InChI=1S/C23H30N6OS.HI/c1-4-11-30-20-8-7-19-16-29(10-9-18(19)13-20)23(24-14-21-6-5-12-31-21)25-15-22-27-26-17(2)28(22)3;/h5-8,12-13H,4,9-11,14-16H2,1-3H3,(H,24,25);1H. The molecule has 0 saturated heterocycles. The van der Waals surface area contributed by atoms with Crippen LogP contribution in [0, 0.1) is 6.92 Å². The van der Waals surface area contributed by atoms with E-state index < -0.39 is 0 Å². The molecule has 0 unspecified atom stereocenters. The average Bonchev–Trinajstić information content (AvgIpc) is 3.42. The van der Waals surface area contributed by atoms with Crippen molar-refractivity contribution in [2.24, 2.45) is 12.0 Å². The third-order valence-corrected chi connectivity index (χ3v) is 6.39. The van der Waals surface area contributed by atoms with Crippen molar-refractivity contribution in [2.45, 2.75) is 46.3 Å². The second kappa shape index (κ2) is 11.6. The third-order valence-electron chi connectivity index (χ3n) is 5.52. The van der Waals surface area contributed by atoms with Crippen LogP contribution in [-0.4, -0.2) is 38.8 Å². The highest BCUT2D eigenvalue weighted by atomic mass is 127. The molecular formula is C23H31IN6OS. The Balaban J connectivity index is 0.00000289. The average molecular weight is 567 g/mol. The molecule has 9 heteroatoms. The molecule has 32 heavy (non-hydrogen) atoms. The van der Waals surface area contributed by atoms with Gasteiger partial charge in [-0.15, -0.1) is 45.5 Å². The molecule has 0 amide bonds. The maximum Gasteiger partial charge on any atom is 0.194 e. The van der Waals surface area contributed by atoms with Crippen molar-refractivity contribution in [1.82, 2.24) is 25.0 Å². The number of aliphatic imine (C=N–C) groups is 1. The highest BCUT2D eigenvalue weighted by molar-refractivity contribution is 14.0. The maximum atomic E-state index is 5.81. The van der Waals surface area contributed by atoms with Crippen LogP contribution in [0.2, 0.25) is 0 Å². The number of guanidine groups is 1. The number of hydrogen-bond acceptors (Lipinski definition) is 5. The SMILES string of the molecule is CCCOc1ccc2c(c1)CCN(C(=NCc1nnc(C)n1C)NCc1cccs1)C2.I. The molecule has 2 aromatic heterocycles. The smallest absolute Gasteiger partial charge is 0.194 e. The molecule has 0 fully saturated rings. The second-order valence-electron chi connectivity index (χ2n) is 7.75. The lowest BCUT2D eigenvalue weighted by Crippen LogP contribution is -2.43. The summed E-state index contributed by atoms with van der Waals surface area (Å²) in [6, 6.07) is 10.7. The predicted molar refractivity (Wildman–Crippen MR) is 140 cm³/mol. The molecule has 1 aromatic carbocycles. The van der Waals surface area contributed by atoms with Gasteiger partial charge < -0.3 is 19.5 Å². The van der Waals surface area contributed by atoms with Crippen molar-refractivity contribution in [3.05, 3.63) is 63.4 Å². The summed E-state index contributed by atoms with van der Waals surface area (Å²) in [4.78, 5) is 8.52. The molecule has 0 spiro atoms.